The van der Waals surface area contributed by atoms with E-state index in [1.165, 1.54) is 26.7 Å². The van der Waals surface area contributed by atoms with Crippen molar-refractivity contribution in [3.8, 4) is 16.1 Å². The highest BCUT2D eigenvalue weighted by atomic mass is 127. The van der Waals surface area contributed by atoms with Crippen molar-refractivity contribution in [2.45, 2.75) is 11.9 Å². The second kappa shape index (κ2) is 7.42. The SMILES string of the molecule is CSc1cc(-c2ccccc2)s[n+]1-c1ccc(C)cc1.[I-]. The average Bonchev–Trinajstić information content (AvgIpc) is 2.93. The van der Waals surface area contributed by atoms with Crippen molar-refractivity contribution < 1.29 is 27.9 Å². The van der Waals surface area contributed by atoms with E-state index in [2.05, 4.69) is 77.8 Å². The van der Waals surface area contributed by atoms with Crippen LogP contribution in [0.15, 0.2) is 65.7 Å². The summed E-state index contributed by atoms with van der Waals surface area (Å²) in [5.74, 6) is 0. The van der Waals surface area contributed by atoms with Gasteiger partial charge < -0.3 is 24.0 Å². The zero-order chi connectivity index (χ0) is 13.9. The van der Waals surface area contributed by atoms with E-state index in [1.54, 1.807) is 23.3 Å². The molecule has 0 aliphatic carbocycles. The van der Waals surface area contributed by atoms with Gasteiger partial charge >= 0.3 is 0 Å². The molecule has 0 atom stereocenters. The fourth-order valence-electron chi connectivity index (χ4n) is 2.08. The third kappa shape index (κ3) is 3.67. The highest BCUT2D eigenvalue weighted by molar-refractivity contribution is 7.98. The van der Waals surface area contributed by atoms with Gasteiger partial charge in [-0.2, -0.15) is 0 Å². The van der Waals surface area contributed by atoms with Crippen LogP contribution < -0.4 is 27.9 Å². The summed E-state index contributed by atoms with van der Waals surface area (Å²) in [4.78, 5) is 1.30. The van der Waals surface area contributed by atoms with Gasteiger partial charge in [0.05, 0.1) is 0 Å². The highest BCUT2D eigenvalue weighted by Crippen LogP contribution is 2.28. The van der Waals surface area contributed by atoms with Crippen LogP contribution in [0.25, 0.3) is 16.1 Å². The van der Waals surface area contributed by atoms with Crippen molar-refractivity contribution in [2.75, 3.05) is 6.26 Å². The lowest BCUT2D eigenvalue weighted by Gasteiger charge is -1.94. The zero-order valence-corrected chi connectivity index (χ0v) is 15.7. The van der Waals surface area contributed by atoms with Crippen LogP contribution in [-0.4, -0.2) is 6.26 Å². The van der Waals surface area contributed by atoms with Gasteiger partial charge in [-0.1, -0.05) is 63.7 Å². The van der Waals surface area contributed by atoms with E-state index in [1.807, 2.05) is 0 Å². The molecule has 1 nitrogen and oxygen atoms in total. The van der Waals surface area contributed by atoms with E-state index in [0.717, 1.165) is 0 Å². The number of thioether (sulfide) groups is 1. The summed E-state index contributed by atoms with van der Waals surface area (Å²) in [5, 5.41) is 1.28. The van der Waals surface area contributed by atoms with Crippen LogP contribution in [0.4, 0.5) is 0 Å². The first-order valence-electron chi connectivity index (χ1n) is 6.51. The molecule has 0 unspecified atom stereocenters. The fraction of sp³-hybridized carbons (Fsp3) is 0.118. The smallest absolute Gasteiger partial charge is 0.261 e. The Morgan fingerprint density at radius 3 is 2.24 bits per heavy atom. The van der Waals surface area contributed by atoms with Gasteiger partial charge in [-0.3, -0.25) is 0 Å². The minimum absolute atomic E-state index is 0. The van der Waals surface area contributed by atoms with E-state index in [4.69, 9.17) is 0 Å². The Hall–Kier alpha value is -0.850. The first kappa shape index (κ1) is 16.5. The van der Waals surface area contributed by atoms with E-state index in [9.17, 15) is 0 Å². The molecule has 0 spiro atoms. The highest BCUT2D eigenvalue weighted by Gasteiger charge is 2.20. The van der Waals surface area contributed by atoms with Gasteiger partial charge in [0.25, 0.3) is 5.03 Å². The number of aromatic nitrogens is 1. The van der Waals surface area contributed by atoms with Crippen LogP contribution >= 0.6 is 23.3 Å². The maximum atomic E-state index is 2.30. The van der Waals surface area contributed by atoms with Crippen LogP contribution in [0, 0.1) is 6.92 Å². The lowest BCUT2D eigenvalue weighted by Crippen LogP contribution is -3.00. The maximum Gasteiger partial charge on any atom is 0.261 e. The maximum absolute atomic E-state index is 2.30. The number of aryl methyl sites for hydroxylation is 1. The van der Waals surface area contributed by atoms with Crippen LogP contribution in [-0.2, 0) is 0 Å². The van der Waals surface area contributed by atoms with Crippen molar-refractivity contribution in [1.29, 1.82) is 0 Å². The standard InChI is InChI=1S/C17H16NS2.HI/c1-13-8-10-15(11-9-13)18-17(19-2)12-16(20-18)14-6-4-3-5-7-14;/h3-12H,1-2H3;1H/q+1;/p-1. The number of rotatable bonds is 3. The molecule has 21 heavy (non-hydrogen) atoms. The Balaban J connectivity index is 0.00000161. The summed E-state index contributed by atoms with van der Waals surface area (Å²) in [6.45, 7) is 2.12. The molecule has 1 aromatic heterocycles. The van der Waals surface area contributed by atoms with E-state index in [-0.39, 0.29) is 24.0 Å². The Morgan fingerprint density at radius 2 is 1.62 bits per heavy atom. The molecule has 0 aliphatic rings. The van der Waals surface area contributed by atoms with Crippen molar-refractivity contribution in [3.63, 3.8) is 0 Å². The summed E-state index contributed by atoms with van der Waals surface area (Å²) in [6.07, 6.45) is 2.13. The molecule has 0 saturated carbocycles. The summed E-state index contributed by atoms with van der Waals surface area (Å²) >= 11 is 3.58. The number of nitrogens with zero attached hydrogens (tertiary/aromatic N) is 1. The van der Waals surface area contributed by atoms with Crippen LogP contribution in [0.3, 0.4) is 0 Å². The molecule has 2 aromatic carbocycles. The van der Waals surface area contributed by atoms with Gasteiger partial charge in [-0.15, -0.1) is 0 Å². The third-order valence-corrected chi connectivity index (χ3v) is 5.15. The molecule has 0 radical (unpaired) electrons. The lowest BCUT2D eigenvalue weighted by molar-refractivity contribution is -0.562. The lowest BCUT2D eigenvalue weighted by atomic mass is 10.2. The second-order valence-corrected chi connectivity index (χ2v) is 6.45. The topological polar surface area (TPSA) is 3.88 Å². The van der Waals surface area contributed by atoms with Crippen LogP contribution in [0.2, 0.25) is 0 Å². The first-order chi connectivity index (χ1) is 9.78. The molecule has 4 heteroatoms. The van der Waals surface area contributed by atoms with Crippen molar-refractivity contribution in [1.82, 2.24) is 0 Å². The minimum atomic E-state index is 0. The van der Waals surface area contributed by atoms with E-state index < -0.39 is 0 Å². The molecular formula is C17H16INS2. The summed E-state index contributed by atoms with van der Waals surface area (Å²) < 4.78 is 2.30. The number of hydrogen-bond donors (Lipinski definition) is 0. The van der Waals surface area contributed by atoms with Gasteiger partial charge in [0.1, 0.15) is 16.4 Å². The van der Waals surface area contributed by atoms with E-state index >= 15 is 0 Å². The minimum Gasteiger partial charge on any atom is -1.00 e. The quantitative estimate of drug-likeness (QED) is 0.351. The van der Waals surface area contributed by atoms with Crippen molar-refractivity contribution >= 4 is 23.3 Å². The first-order valence-corrected chi connectivity index (χ1v) is 8.50. The van der Waals surface area contributed by atoms with Gasteiger partial charge in [-0.05, 0) is 18.7 Å². The molecule has 0 aliphatic heterocycles. The molecule has 3 aromatic rings. The van der Waals surface area contributed by atoms with Gasteiger partial charge in [0.15, 0.2) is 0 Å². The predicted octanol–water partition coefficient (Wildman–Crippen LogP) is 1.73. The summed E-state index contributed by atoms with van der Waals surface area (Å²) in [6, 6.07) is 21.5. The molecule has 108 valence electrons. The molecule has 0 amide bonds. The van der Waals surface area contributed by atoms with Gasteiger partial charge in [0.2, 0.25) is 5.69 Å². The molecule has 0 N–H and O–H groups in total. The average molecular weight is 425 g/mol. The Kier molecular flexibility index (Phi) is 5.84. The van der Waals surface area contributed by atoms with Crippen LogP contribution in [0.5, 0.6) is 0 Å². The van der Waals surface area contributed by atoms with Crippen molar-refractivity contribution in [3.05, 3.63) is 66.2 Å². The van der Waals surface area contributed by atoms with Gasteiger partial charge in [0, 0.05) is 18.2 Å². The zero-order valence-electron chi connectivity index (χ0n) is 11.9. The molecule has 0 bridgehead atoms. The summed E-state index contributed by atoms with van der Waals surface area (Å²) in [7, 11) is 0. The van der Waals surface area contributed by atoms with Crippen LogP contribution in [0.1, 0.15) is 5.56 Å². The predicted molar refractivity (Wildman–Crippen MR) is 87.8 cm³/mol. The molecule has 1 heterocycles. The Morgan fingerprint density at radius 1 is 0.952 bits per heavy atom. The fourth-order valence-corrected chi connectivity index (χ4v) is 3.97. The largest absolute Gasteiger partial charge is 1.00 e. The molecule has 0 fully saturated rings. The Bertz CT molecular complexity index is 705. The third-order valence-electron chi connectivity index (χ3n) is 3.18. The number of hydrogen-bond acceptors (Lipinski definition) is 2. The molecule has 0 saturated heterocycles. The second-order valence-electron chi connectivity index (χ2n) is 4.64. The Labute approximate surface area is 151 Å². The molecule has 3 rings (SSSR count). The summed E-state index contributed by atoms with van der Waals surface area (Å²) in [5.41, 5.74) is 3.80. The van der Waals surface area contributed by atoms with Crippen molar-refractivity contribution in [2.24, 2.45) is 0 Å². The molecular weight excluding hydrogens is 409 g/mol. The number of halogens is 1. The number of benzene rings is 2. The normalized spacial score (nSPS) is 10.2. The monoisotopic (exact) mass is 425 g/mol. The van der Waals surface area contributed by atoms with Gasteiger partial charge in [-0.25, -0.2) is 0 Å². The van der Waals surface area contributed by atoms with E-state index in [0.29, 0.717) is 0 Å².